The van der Waals surface area contributed by atoms with Crippen LogP contribution >= 0.6 is 11.8 Å². The van der Waals surface area contributed by atoms with Crippen molar-refractivity contribution in [2.24, 2.45) is 0 Å². The van der Waals surface area contributed by atoms with Crippen molar-refractivity contribution in [2.45, 2.75) is 18.7 Å². The molecular weight excluding hydrogens is 274 g/mol. The number of methoxy groups -OCH3 is 1. The summed E-state index contributed by atoms with van der Waals surface area (Å²) in [4.78, 5) is 13.9. The largest absolute Gasteiger partial charge is 0.494 e. The van der Waals surface area contributed by atoms with Gasteiger partial charge in [-0.1, -0.05) is 12.1 Å². The van der Waals surface area contributed by atoms with Crippen molar-refractivity contribution in [2.75, 3.05) is 32.6 Å². The Labute approximate surface area is 124 Å². The van der Waals surface area contributed by atoms with Crippen molar-refractivity contribution >= 4 is 17.7 Å². The summed E-state index contributed by atoms with van der Waals surface area (Å²) in [7, 11) is 1.69. The average Bonchev–Trinajstić information content (AvgIpc) is 2.82. The molecule has 110 valence electrons. The molecule has 4 nitrogen and oxygen atoms in total. The van der Waals surface area contributed by atoms with E-state index in [0.717, 1.165) is 24.3 Å². The van der Waals surface area contributed by atoms with E-state index in [9.17, 15) is 4.79 Å². The van der Waals surface area contributed by atoms with Crippen LogP contribution in [0.2, 0.25) is 0 Å². The van der Waals surface area contributed by atoms with Crippen molar-refractivity contribution in [3.8, 4) is 5.75 Å². The first-order valence-corrected chi connectivity index (χ1v) is 7.94. The number of rotatable bonds is 7. The molecule has 1 aliphatic heterocycles. The lowest BCUT2D eigenvalue weighted by Crippen LogP contribution is -2.29. The Hall–Kier alpha value is -1.20. The van der Waals surface area contributed by atoms with Crippen LogP contribution in [0.1, 0.15) is 24.3 Å². The predicted molar refractivity (Wildman–Crippen MR) is 81.0 cm³/mol. The van der Waals surface area contributed by atoms with E-state index in [1.165, 1.54) is 0 Å². The summed E-state index contributed by atoms with van der Waals surface area (Å²) in [5, 5.41) is 0.120. The van der Waals surface area contributed by atoms with Gasteiger partial charge in [-0.25, -0.2) is 0 Å². The van der Waals surface area contributed by atoms with Crippen LogP contribution < -0.4 is 4.74 Å². The van der Waals surface area contributed by atoms with Gasteiger partial charge in [0.15, 0.2) is 0 Å². The molecule has 1 saturated heterocycles. The number of nitrogens with zero attached hydrogens (tertiary/aromatic N) is 1. The molecule has 0 N–H and O–H groups in total. The van der Waals surface area contributed by atoms with Gasteiger partial charge in [0, 0.05) is 20.3 Å². The number of hydrogen-bond donors (Lipinski definition) is 0. The number of thioether (sulfide) groups is 1. The van der Waals surface area contributed by atoms with E-state index >= 15 is 0 Å². The molecule has 0 radical (unpaired) electrons. The first kappa shape index (κ1) is 15.2. The third kappa shape index (κ3) is 3.67. The van der Waals surface area contributed by atoms with E-state index in [1.807, 2.05) is 36.1 Å². The minimum atomic E-state index is 0.120. The third-order valence-electron chi connectivity index (χ3n) is 3.19. The highest BCUT2D eigenvalue weighted by molar-refractivity contribution is 8.00. The van der Waals surface area contributed by atoms with Crippen molar-refractivity contribution in [1.82, 2.24) is 4.90 Å². The fraction of sp³-hybridized carbons (Fsp3) is 0.533. The zero-order valence-electron chi connectivity index (χ0n) is 12.0. The van der Waals surface area contributed by atoms with Gasteiger partial charge in [-0.2, -0.15) is 0 Å². The van der Waals surface area contributed by atoms with Gasteiger partial charge in [0.25, 0.3) is 0 Å². The molecule has 0 saturated carbocycles. The molecule has 1 aromatic rings. The molecular formula is C15H21NO3S. The second-order valence-electron chi connectivity index (χ2n) is 4.60. The summed E-state index contributed by atoms with van der Waals surface area (Å²) >= 11 is 1.68. The Morgan fingerprint density at radius 3 is 2.75 bits per heavy atom. The lowest BCUT2D eigenvalue weighted by Gasteiger charge is -2.24. The smallest absolute Gasteiger partial charge is 0.233 e. The van der Waals surface area contributed by atoms with E-state index in [0.29, 0.717) is 19.0 Å². The molecule has 5 heteroatoms. The van der Waals surface area contributed by atoms with Crippen LogP contribution in [0.3, 0.4) is 0 Å². The van der Waals surface area contributed by atoms with Crippen LogP contribution in [0, 0.1) is 0 Å². The maximum atomic E-state index is 12.0. The van der Waals surface area contributed by atoms with Gasteiger partial charge >= 0.3 is 0 Å². The van der Waals surface area contributed by atoms with Crippen LogP contribution in [-0.4, -0.2) is 43.4 Å². The second-order valence-corrected chi connectivity index (χ2v) is 5.67. The molecule has 2 rings (SSSR count). The highest BCUT2D eigenvalue weighted by Gasteiger charge is 2.32. The maximum absolute atomic E-state index is 12.0. The van der Waals surface area contributed by atoms with E-state index in [-0.39, 0.29) is 11.3 Å². The third-order valence-corrected chi connectivity index (χ3v) is 4.45. The zero-order valence-corrected chi connectivity index (χ0v) is 12.8. The van der Waals surface area contributed by atoms with E-state index < -0.39 is 0 Å². The molecule has 1 aromatic carbocycles. The second kappa shape index (κ2) is 7.55. The molecule has 0 bridgehead atoms. The number of benzene rings is 1. The fourth-order valence-corrected chi connectivity index (χ4v) is 3.47. The molecule has 0 aromatic heterocycles. The highest BCUT2D eigenvalue weighted by Crippen LogP contribution is 2.38. The minimum absolute atomic E-state index is 0.120. The predicted octanol–water partition coefficient (Wildman–Crippen LogP) is 2.70. The molecule has 1 fully saturated rings. The quantitative estimate of drug-likeness (QED) is 0.725. The summed E-state index contributed by atoms with van der Waals surface area (Å²) < 4.78 is 10.5. The summed E-state index contributed by atoms with van der Waals surface area (Å²) in [6.07, 6.45) is 0.871. The Balaban J connectivity index is 2.03. The van der Waals surface area contributed by atoms with Crippen LogP contribution in [0.15, 0.2) is 24.3 Å². The van der Waals surface area contributed by atoms with Gasteiger partial charge < -0.3 is 14.4 Å². The highest BCUT2D eigenvalue weighted by atomic mass is 32.2. The number of hydrogen-bond acceptors (Lipinski definition) is 4. The molecule has 1 unspecified atom stereocenters. The molecule has 1 amide bonds. The Morgan fingerprint density at radius 2 is 2.10 bits per heavy atom. The molecule has 1 aliphatic rings. The SMILES string of the molecule is CCOc1ccc(C2SCC(=O)N2CCCOC)cc1. The van der Waals surface area contributed by atoms with E-state index in [4.69, 9.17) is 9.47 Å². The standard InChI is InChI=1S/C15H21NO3S/c1-3-19-13-7-5-12(6-8-13)15-16(9-4-10-18-2)14(17)11-20-15/h5-8,15H,3-4,9-11H2,1-2H3. The lowest BCUT2D eigenvalue weighted by molar-refractivity contribution is -0.128. The van der Waals surface area contributed by atoms with Gasteiger partial charge in [0.05, 0.1) is 12.4 Å². The van der Waals surface area contributed by atoms with Crippen LogP contribution in [-0.2, 0) is 9.53 Å². The number of ether oxygens (including phenoxy) is 2. The Morgan fingerprint density at radius 1 is 1.35 bits per heavy atom. The first-order valence-electron chi connectivity index (χ1n) is 6.89. The van der Waals surface area contributed by atoms with Gasteiger partial charge in [-0.15, -0.1) is 11.8 Å². The number of carbonyl (C=O) groups is 1. The fourth-order valence-electron chi connectivity index (χ4n) is 2.25. The first-order chi connectivity index (χ1) is 9.76. The summed E-state index contributed by atoms with van der Waals surface area (Å²) in [5.74, 6) is 1.65. The average molecular weight is 295 g/mol. The Bertz CT molecular complexity index is 435. The molecule has 1 heterocycles. The minimum Gasteiger partial charge on any atom is -0.494 e. The normalized spacial score (nSPS) is 18.6. The molecule has 0 aliphatic carbocycles. The van der Waals surface area contributed by atoms with Gasteiger partial charge in [-0.3, -0.25) is 4.79 Å². The number of amides is 1. The number of carbonyl (C=O) groups excluding carboxylic acids is 1. The zero-order chi connectivity index (χ0) is 14.4. The van der Waals surface area contributed by atoms with Crippen LogP contribution in [0.4, 0.5) is 0 Å². The monoisotopic (exact) mass is 295 g/mol. The lowest BCUT2D eigenvalue weighted by atomic mass is 10.2. The molecule has 0 spiro atoms. The summed E-state index contributed by atoms with van der Waals surface area (Å²) in [5.41, 5.74) is 1.15. The van der Waals surface area contributed by atoms with E-state index in [1.54, 1.807) is 18.9 Å². The van der Waals surface area contributed by atoms with Gasteiger partial charge in [0.2, 0.25) is 5.91 Å². The van der Waals surface area contributed by atoms with Gasteiger partial charge in [0.1, 0.15) is 11.1 Å². The Kier molecular flexibility index (Phi) is 5.73. The summed E-state index contributed by atoms with van der Waals surface area (Å²) in [6, 6.07) is 8.03. The van der Waals surface area contributed by atoms with Crippen molar-refractivity contribution < 1.29 is 14.3 Å². The van der Waals surface area contributed by atoms with Crippen LogP contribution in [0.25, 0.3) is 0 Å². The topological polar surface area (TPSA) is 38.8 Å². The van der Waals surface area contributed by atoms with Crippen molar-refractivity contribution in [1.29, 1.82) is 0 Å². The van der Waals surface area contributed by atoms with Gasteiger partial charge in [-0.05, 0) is 31.0 Å². The summed E-state index contributed by atoms with van der Waals surface area (Å²) in [6.45, 7) is 4.07. The van der Waals surface area contributed by atoms with Crippen LogP contribution in [0.5, 0.6) is 5.75 Å². The van der Waals surface area contributed by atoms with Crippen molar-refractivity contribution in [3.63, 3.8) is 0 Å². The van der Waals surface area contributed by atoms with E-state index in [2.05, 4.69) is 0 Å². The maximum Gasteiger partial charge on any atom is 0.233 e. The molecule has 20 heavy (non-hydrogen) atoms. The molecule has 1 atom stereocenters. The van der Waals surface area contributed by atoms with Crippen molar-refractivity contribution in [3.05, 3.63) is 29.8 Å².